The van der Waals surface area contributed by atoms with Crippen molar-refractivity contribution in [2.75, 3.05) is 0 Å². The van der Waals surface area contributed by atoms with Gasteiger partial charge >= 0.3 is 0 Å². The number of benzene rings is 10. The summed E-state index contributed by atoms with van der Waals surface area (Å²) in [6, 6.07) is 8.87. The maximum Gasteiger partial charge on any atom is 0.136 e. The molecule has 0 aliphatic rings. The van der Waals surface area contributed by atoms with Crippen molar-refractivity contribution in [1.82, 2.24) is 0 Å². The minimum atomic E-state index is -0.865. The van der Waals surface area contributed by atoms with Gasteiger partial charge in [0.15, 0.2) is 0 Å². The molecule has 1 heterocycles. The van der Waals surface area contributed by atoms with Crippen LogP contribution < -0.4 is 0 Å². The van der Waals surface area contributed by atoms with Crippen LogP contribution in [-0.4, -0.2) is 0 Å². The highest BCUT2D eigenvalue weighted by Gasteiger charge is 2.21. The van der Waals surface area contributed by atoms with Crippen LogP contribution >= 0.6 is 0 Å². The van der Waals surface area contributed by atoms with Gasteiger partial charge in [0.05, 0.1) is 26.0 Å². The van der Waals surface area contributed by atoms with Crippen LogP contribution in [0.25, 0.3) is 110 Å². The van der Waals surface area contributed by atoms with Crippen LogP contribution in [-0.2, 0) is 0 Å². The molecule has 246 valence electrons. The first-order valence-corrected chi connectivity index (χ1v) is 16.7. The third-order valence-corrected chi connectivity index (χ3v) is 9.74. The van der Waals surface area contributed by atoms with Crippen LogP contribution in [0.4, 0.5) is 0 Å². The van der Waals surface area contributed by atoms with Gasteiger partial charge in [-0.15, -0.1) is 0 Å². The number of furan rings is 1. The van der Waals surface area contributed by atoms with E-state index in [9.17, 15) is 9.60 Å². The van der Waals surface area contributed by atoms with E-state index in [4.69, 9.17) is 20.9 Å². The SMILES string of the molecule is [2H]c1c([2H])c([2H])c(-c2c3c([2H])c([2H])c([2H])c([2H])c3c(-c3c([2H])c([2H])c([2H])c4c([2H])c([2H])c([2H])c([2H])c34)c3c([2H])c([2H])c([2H])c([2H])c23)c(-c2ccc3oc4cccc(-c5cccc6ccccc56)c4c3c2)c1[2H]. The van der Waals surface area contributed by atoms with Gasteiger partial charge < -0.3 is 4.42 Å². The maximum absolute atomic E-state index is 9.69. The second-order valence-electron chi connectivity index (χ2n) is 12.5. The van der Waals surface area contributed by atoms with Crippen LogP contribution in [0, 0.1) is 0 Å². The molecule has 0 aliphatic heterocycles. The normalized spacial score (nSPS) is 16.8. The summed E-state index contributed by atoms with van der Waals surface area (Å²) in [7, 11) is 0. The average Bonchev–Trinajstić information content (AvgIpc) is 3.76. The van der Waals surface area contributed by atoms with Crippen molar-refractivity contribution in [1.29, 1.82) is 0 Å². The molecule has 0 N–H and O–H groups in total. The first kappa shape index (κ1) is 16.6. The molecular weight excluding hydrogens is 641 g/mol. The summed E-state index contributed by atoms with van der Waals surface area (Å²) in [6.45, 7) is 0. The number of rotatable bonds is 4. The van der Waals surface area contributed by atoms with E-state index >= 15 is 0 Å². The minimum Gasteiger partial charge on any atom is -0.456 e. The van der Waals surface area contributed by atoms with Gasteiger partial charge in [-0.25, -0.2) is 0 Å². The quantitative estimate of drug-likeness (QED) is 0.167. The highest BCUT2D eigenvalue weighted by atomic mass is 16.3. The smallest absolute Gasteiger partial charge is 0.136 e. The Labute approximate surface area is 333 Å². The Kier molecular flexibility index (Phi) is 3.69. The largest absolute Gasteiger partial charge is 0.456 e. The van der Waals surface area contributed by atoms with E-state index < -0.39 is 169 Å². The van der Waals surface area contributed by atoms with E-state index in [0.29, 0.717) is 21.9 Å². The molecule has 0 bridgehead atoms. The fraction of sp³-hybridized carbons (Fsp3) is 0. The van der Waals surface area contributed by atoms with Gasteiger partial charge in [-0.2, -0.15) is 0 Å². The molecular formula is C52H32O. The first-order valence-electron chi connectivity index (χ1n) is 26.2. The van der Waals surface area contributed by atoms with Gasteiger partial charge in [0.2, 0.25) is 0 Å². The molecule has 0 unspecified atom stereocenters. The molecule has 1 aromatic heterocycles. The standard InChI is InChI=1S/C52H32O/c1-3-18-36-33(14-1)16-11-26-39(36)42-28-13-29-49-52(42)47-32-35(30-31-48(47)53-49)38-20-5-6-21-40(38)50-43-22-7-9-24-45(43)51(46-25-10-8-23-44(46)50)41-27-12-17-34-15-2-4-19-37(34)41/h1-32H/i2D,4D,5D,6D,7D,8D,9D,10D,12D,15D,17D,19D,20D,21D,22D,23D,24D,25D,27D. The zero-order chi connectivity index (χ0) is 51.4. The zero-order valence-corrected chi connectivity index (χ0v) is 27.4. The Morgan fingerprint density at radius 1 is 0.340 bits per heavy atom. The third-order valence-electron chi connectivity index (χ3n) is 9.74. The first-order chi connectivity index (χ1) is 34.2. The molecule has 1 heteroatoms. The van der Waals surface area contributed by atoms with Crippen LogP contribution in [0.5, 0.6) is 0 Å². The summed E-state index contributed by atoms with van der Waals surface area (Å²) in [5.74, 6) is 0. The minimum absolute atomic E-state index is 0.160. The van der Waals surface area contributed by atoms with Crippen LogP contribution in [0.15, 0.2) is 198 Å². The summed E-state index contributed by atoms with van der Waals surface area (Å²) < 4.78 is 180. The Balaban J connectivity index is 1.38. The lowest BCUT2D eigenvalue weighted by atomic mass is 9.83. The molecule has 53 heavy (non-hydrogen) atoms. The number of hydrogen-bond acceptors (Lipinski definition) is 1. The highest BCUT2D eigenvalue weighted by molar-refractivity contribution is 6.24. The summed E-state index contributed by atoms with van der Waals surface area (Å²) in [4.78, 5) is 0. The van der Waals surface area contributed by atoms with Crippen molar-refractivity contribution in [2.24, 2.45) is 0 Å². The molecule has 10 aromatic carbocycles. The number of hydrogen-bond donors (Lipinski definition) is 0. The van der Waals surface area contributed by atoms with Crippen molar-refractivity contribution in [3.63, 3.8) is 0 Å². The molecule has 11 aromatic rings. The summed E-state index contributed by atoms with van der Waals surface area (Å²) in [6.07, 6.45) is 0. The highest BCUT2D eigenvalue weighted by Crippen LogP contribution is 2.48. The van der Waals surface area contributed by atoms with Gasteiger partial charge in [0.1, 0.15) is 11.2 Å². The Morgan fingerprint density at radius 3 is 1.72 bits per heavy atom. The van der Waals surface area contributed by atoms with Crippen LogP contribution in [0.1, 0.15) is 26.0 Å². The topological polar surface area (TPSA) is 13.1 Å². The molecule has 0 aliphatic carbocycles. The third kappa shape index (κ3) is 4.58. The van der Waals surface area contributed by atoms with E-state index in [1.807, 2.05) is 54.6 Å². The Morgan fingerprint density at radius 2 is 0.925 bits per heavy atom. The van der Waals surface area contributed by atoms with Crippen LogP contribution in [0.2, 0.25) is 0 Å². The van der Waals surface area contributed by atoms with Gasteiger partial charge in [-0.05, 0) is 106 Å². The van der Waals surface area contributed by atoms with Crippen molar-refractivity contribution < 1.29 is 30.5 Å². The predicted molar refractivity (Wildman–Crippen MR) is 225 cm³/mol. The van der Waals surface area contributed by atoms with E-state index in [0.717, 1.165) is 21.9 Å². The van der Waals surface area contributed by atoms with Gasteiger partial charge in [0.25, 0.3) is 0 Å². The molecule has 0 atom stereocenters. The summed E-state index contributed by atoms with van der Waals surface area (Å²) >= 11 is 0. The van der Waals surface area contributed by atoms with Gasteiger partial charge in [0, 0.05) is 10.8 Å². The molecule has 11 rings (SSSR count). The lowest BCUT2D eigenvalue weighted by Gasteiger charge is -2.20. The monoisotopic (exact) mass is 691 g/mol. The second-order valence-corrected chi connectivity index (χ2v) is 12.5. The molecule has 1 nitrogen and oxygen atoms in total. The molecule has 0 fully saturated rings. The van der Waals surface area contributed by atoms with E-state index in [1.54, 1.807) is 24.3 Å². The van der Waals surface area contributed by atoms with Crippen molar-refractivity contribution in [3.8, 4) is 44.5 Å². The van der Waals surface area contributed by atoms with Crippen molar-refractivity contribution in [3.05, 3.63) is 194 Å². The van der Waals surface area contributed by atoms with E-state index in [2.05, 4.69) is 0 Å². The Bertz CT molecular complexity index is 4240. The lowest BCUT2D eigenvalue weighted by molar-refractivity contribution is 0.669. The summed E-state index contributed by atoms with van der Waals surface area (Å²) in [5.41, 5.74) is 0.503. The van der Waals surface area contributed by atoms with Crippen molar-refractivity contribution in [2.45, 2.75) is 0 Å². The van der Waals surface area contributed by atoms with E-state index in [1.165, 1.54) is 0 Å². The molecule has 0 saturated heterocycles. The second kappa shape index (κ2) is 11.8. The van der Waals surface area contributed by atoms with Crippen molar-refractivity contribution >= 4 is 65.0 Å². The van der Waals surface area contributed by atoms with Gasteiger partial charge in [-0.1, -0.05) is 175 Å². The molecule has 0 saturated carbocycles. The average molecular weight is 692 g/mol. The predicted octanol–water partition coefficient (Wildman–Crippen LogP) is 14.9. The summed E-state index contributed by atoms with van der Waals surface area (Å²) in [5, 5.41) is -0.0920. The van der Waals surface area contributed by atoms with Crippen LogP contribution in [0.3, 0.4) is 0 Å². The fourth-order valence-corrected chi connectivity index (χ4v) is 7.51. The lowest BCUT2D eigenvalue weighted by Crippen LogP contribution is -1.93. The molecule has 0 spiro atoms. The number of fused-ring (bicyclic) bond motifs is 7. The molecule has 0 radical (unpaired) electrons. The zero-order valence-electron chi connectivity index (χ0n) is 46.4. The van der Waals surface area contributed by atoms with Gasteiger partial charge in [-0.3, -0.25) is 0 Å². The fourth-order valence-electron chi connectivity index (χ4n) is 7.51. The molecule has 0 amide bonds. The maximum atomic E-state index is 9.69. The Hall–Kier alpha value is -6.96. The van der Waals surface area contributed by atoms with E-state index in [-0.39, 0.29) is 11.1 Å².